The summed E-state index contributed by atoms with van der Waals surface area (Å²) in [5.41, 5.74) is 3.34. The summed E-state index contributed by atoms with van der Waals surface area (Å²) in [5, 5.41) is 4.06. The van der Waals surface area contributed by atoms with Gasteiger partial charge < -0.3 is 19.7 Å². The molecule has 2 aromatic carbocycles. The Morgan fingerprint density at radius 1 is 1.08 bits per heavy atom. The number of ether oxygens (including phenoxy) is 2. The summed E-state index contributed by atoms with van der Waals surface area (Å²) in [7, 11) is 5.75. The van der Waals surface area contributed by atoms with E-state index in [-0.39, 0.29) is 0 Å². The maximum Gasteiger partial charge on any atom is 0.163 e. The molecule has 0 atom stereocenters. The predicted octanol–water partition coefficient (Wildman–Crippen LogP) is 3.89. The van der Waals surface area contributed by atoms with Crippen LogP contribution < -0.4 is 14.8 Å². The topological polar surface area (TPSA) is 33.7 Å². The van der Waals surface area contributed by atoms with Gasteiger partial charge in [0.2, 0.25) is 0 Å². The molecule has 0 amide bonds. The lowest BCUT2D eigenvalue weighted by molar-refractivity contribution is 0.284. The van der Waals surface area contributed by atoms with Gasteiger partial charge >= 0.3 is 0 Å². The molecule has 5 heteroatoms. The van der Waals surface area contributed by atoms with Crippen LogP contribution in [0.3, 0.4) is 0 Å². The van der Waals surface area contributed by atoms with Gasteiger partial charge in [-0.1, -0.05) is 41.4 Å². The van der Waals surface area contributed by atoms with E-state index in [9.17, 15) is 0 Å². The third kappa shape index (κ3) is 6.24. The van der Waals surface area contributed by atoms with Gasteiger partial charge in [-0.2, -0.15) is 0 Å². The van der Waals surface area contributed by atoms with Crippen LogP contribution >= 0.6 is 11.6 Å². The number of rotatable bonds is 9. The fraction of sp³-hybridized carbons (Fsp3) is 0.400. The average molecular weight is 363 g/mol. The van der Waals surface area contributed by atoms with Crippen molar-refractivity contribution < 1.29 is 9.47 Å². The van der Waals surface area contributed by atoms with Crippen molar-refractivity contribution in [1.82, 2.24) is 10.2 Å². The molecule has 25 heavy (non-hydrogen) atoms. The SMILES string of the molecule is COc1cc(CNCCN(C)C)c(Cl)cc1OCc1ccc(C)cc1. The van der Waals surface area contributed by atoms with Crippen LogP contribution in [0.4, 0.5) is 0 Å². The van der Waals surface area contributed by atoms with E-state index in [1.807, 2.05) is 12.1 Å². The van der Waals surface area contributed by atoms with Crippen LogP contribution in [-0.2, 0) is 13.2 Å². The van der Waals surface area contributed by atoms with E-state index in [1.165, 1.54) is 5.56 Å². The Bertz CT molecular complexity index is 672. The summed E-state index contributed by atoms with van der Waals surface area (Å²) in [6.45, 7) is 5.12. The minimum Gasteiger partial charge on any atom is -0.493 e. The lowest BCUT2D eigenvalue weighted by atomic mass is 10.1. The van der Waals surface area contributed by atoms with Crippen molar-refractivity contribution in [3.63, 3.8) is 0 Å². The first-order valence-electron chi connectivity index (χ1n) is 8.40. The van der Waals surface area contributed by atoms with E-state index in [0.29, 0.717) is 29.7 Å². The van der Waals surface area contributed by atoms with Gasteiger partial charge in [-0.05, 0) is 38.2 Å². The second kappa shape index (κ2) is 9.66. The molecule has 0 aliphatic heterocycles. The Balaban J connectivity index is 2.01. The first kappa shape index (κ1) is 19.6. The Morgan fingerprint density at radius 3 is 2.44 bits per heavy atom. The molecule has 2 rings (SSSR count). The third-order valence-corrected chi connectivity index (χ3v) is 4.25. The number of hydrogen-bond donors (Lipinski definition) is 1. The molecule has 0 heterocycles. The number of likely N-dealkylation sites (N-methyl/N-ethyl adjacent to an activating group) is 1. The number of benzene rings is 2. The minimum absolute atomic E-state index is 0.480. The van der Waals surface area contributed by atoms with Gasteiger partial charge in [0.15, 0.2) is 11.5 Å². The van der Waals surface area contributed by atoms with Crippen molar-refractivity contribution in [1.29, 1.82) is 0 Å². The summed E-state index contributed by atoms with van der Waals surface area (Å²) in [5.74, 6) is 1.35. The molecule has 0 aliphatic rings. The maximum atomic E-state index is 6.42. The Kier molecular flexibility index (Phi) is 7.56. The van der Waals surface area contributed by atoms with E-state index in [4.69, 9.17) is 21.1 Å². The highest BCUT2D eigenvalue weighted by Gasteiger charge is 2.11. The number of nitrogens with zero attached hydrogens (tertiary/aromatic N) is 1. The molecule has 0 spiro atoms. The molecule has 0 aliphatic carbocycles. The van der Waals surface area contributed by atoms with E-state index in [1.54, 1.807) is 7.11 Å². The van der Waals surface area contributed by atoms with Crippen LogP contribution in [0, 0.1) is 6.92 Å². The van der Waals surface area contributed by atoms with Crippen LogP contribution in [0.25, 0.3) is 0 Å². The van der Waals surface area contributed by atoms with Crippen molar-refractivity contribution in [3.8, 4) is 11.5 Å². The molecule has 0 radical (unpaired) electrons. The first-order valence-corrected chi connectivity index (χ1v) is 8.77. The van der Waals surface area contributed by atoms with Gasteiger partial charge in [0.25, 0.3) is 0 Å². The molecule has 136 valence electrons. The van der Waals surface area contributed by atoms with Crippen molar-refractivity contribution in [2.45, 2.75) is 20.1 Å². The summed E-state index contributed by atoms with van der Waals surface area (Å²) in [4.78, 5) is 2.14. The second-order valence-electron chi connectivity index (χ2n) is 6.35. The second-order valence-corrected chi connectivity index (χ2v) is 6.76. The lowest BCUT2D eigenvalue weighted by Crippen LogP contribution is -2.26. The van der Waals surface area contributed by atoms with Gasteiger partial charge in [0.1, 0.15) is 6.61 Å². The fourth-order valence-corrected chi connectivity index (χ4v) is 2.58. The van der Waals surface area contributed by atoms with Crippen LogP contribution in [0.1, 0.15) is 16.7 Å². The van der Waals surface area contributed by atoms with Gasteiger partial charge in [-0.15, -0.1) is 0 Å². The molecule has 0 saturated carbocycles. The Morgan fingerprint density at radius 2 is 1.80 bits per heavy atom. The number of aryl methyl sites for hydroxylation is 1. The molecule has 1 N–H and O–H groups in total. The smallest absolute Gasteiger partial charge is 0.163 e. The number of methoxy groups -OCH3 is 1. The maximum absolute atomic E-state index is 6.42. The summed E-state index contributed by atoms with van der Waals surface area (Å²) >= 11 is 6.42. The average Bonchev–Trinajstić information content (AvgIpc) is 2.59. The zero-order valence-corrected chi connectivity index (χ0v) is 16.2. The Labute approximate surface area is 155 Å². The molecule has 0 aromatic heterocycles. The third-order valence-electron chi connectivity index (χ3n) is 3.90. The fourth-order valence-electron chi connectivity index (χ4n) is 2.36. The number of hydrogen-bond acceptors (Lipinski definition) is 4. The van der Waals surface area contributed by atoms with Crippen LogP contribution in [0.5, 0.6) is 11.5 Å². The molecular formula is C20H27ClN2O2. The predicted molar refractivity (Wildman–Crippen MR) is 104 cm³/mol. The largest absolute Gasteiger partial charge is 0.493 e. The minimum atomic E-state index is 0.480. The lowest BCUT2D eigenvalue weighted by Gasteiger charge is -2.15. The normalized spacial score (nSPS) is 11.0. The van der Waals surface area contributed by atoms with E-state index < -0.39 is 0 Å². The quantitative estimate of drug-likeness (QED) is 0.686. The molecule has 0 fully saturated rings. The first-order chi connectivity index (χ1) is 12.0. The highest BCUT2D eigenvalue weighted by atomic mass is 35.5. The standard InChI is InChI=1S/C20H27ClN2O2/c1-15-5-7-16(8-6-15)14-25-20-12-18(21)17(11-19(20)24-4)13-22-9-10-23(2)3/h5-8,11-12,22H,9-10,13-14H2,1-4H3. The van der Waals surface area contributed by atoms with E-state index in [2.05, 4.69) is 55.5 Å². The van der Waals surface area contributed by atoms with E-state index >= 15 is 0 Å². The van der Waals surface area contributed by atoms with Crippen LogP contribution in [-0.4, -0.2) is 39.2 Å². The molecular weight excluding hydrogens is 336 g/mol. The molecule has 4 nitrogen and oxygen atoms in total. The summed E-state index contributed by atoms with van der Waals surface area (Å²) in [6, 6.07) is 12.0. The van der Waals surface area contributed by atoms with Crippen LogP contribution in [0.2, 0.25) is 5.02 Å². The zero-order chi connectivity index (χ0) is 18.2. The zero-order valence-electron chi connectivity index (χ0n) is 15.4. The summed E-state index contributed by atoms with van der Waals surface area (Å²) in [6.07, 6.45) is 0. The van der Waals surface area contributed by atoms with Gasteiger partial charge in [0.05, 0.1) is 7.11 Å². The molecule has 0 bridgehead atoms. The summed E-state index contributed by atoms with van der Waals surface area (Å²) < 4.78 is 11.4. The van der Waals surface area contributed by atoms with Crippen molar-refractivity contribution >= 4 is 11.6 Å². The Hall–Kier alpha value is -1.75. The number of halogens is 1. The molecule has 0 saturated heterocycles. The molecule has 0 unspecified atom stereocenters. The van der Waals surface area contributed by atoms with Gasteiger partial charge in [-0.3, -0.25) is 0 Å². The van der Waals surface area contributed by atoms with Gasteiger partial charge in [-0.25, -0.2) is 0 Å². The highest BCUT2D eigenvalue weighted by molar-refractivity contribution is 6.31. The van der Waals surface area contributed by atoms with Gasteiger partial charge in [0, 0.05) is 30.7 Å². The monoisotopic (exact) mass is 362 g/mol. The van der Waals surface area contributed by atoms with Crippen molar-refractivity contribution in [2.75, 3.05) is 34.3 Å². The van der Waals surface area contributed by atoms with Crippen molar-refractivity contribution in [2.24, 2.45) is 0 Å². The van der Waals surface area contributed by atoms with Crippen molar-refractivity contribution in [3.05, 3.63) is 58.1 Å². The highest BCUT2D eigenvalue weighted by Crippen LogP contribution is 2.33. The molecule has 2 aromatic rings. The van der Waals surface area contributed by atoms with E-state index in [0.717, 1.165) is 24.2 Å². The van der Waals surface area contributed by atoms with Crippen LogP contribution in [0.15, 0.2) is 36.4 Å². The number of nitrogens with one attached hydrogen (secondary N) is 1.